The molecule has 1 aliphatic carbocycles. The van der Waals surface area contributed by atoms with Gasteiger partial charge >= 0.3 is 0 Å². The van der Waals surface area contributed by atoms with Gasteiger partial charge in [0.2, 0.25) is 0 Å². The smallest absolute Gasteiger partial charge is 0.0762 e. The number of hydrogen-bond donors (Lipinski definition) is 1. The zero-order chi connectivity index (χ0) is 11.4. The first kappa shape index (κ1) is 11.6. The van der Waals surface area contributed by atoms with Gasteiger partial charge in [-0.05, 0) is 38.8 Å². The van der Waals surface area contributed by atoms with Crippen LogP contribution in [0.25, 0.3) is 0 Å². The van der Waals surface area contributed by atoms with Crippen molar-refractivity contribution < 1.29 is 0 Å². The van der Waals surface area contributed by atoms with Gasteiger partial charge in [0.1, 0.15) is 0 Å². The van der Waals surface area contributed by atoms with Crippen molar-refractivity contribution in [2.24, 2.45) is 5.92 Å². The molecule has 0 saturated heterocycles. The van der Waals surface area contributed by atoms with E-state index in [1.165, 1.54) is 25.7 Å². The van der Waals surface area contributed by atoms with Crippen LogP contribution >= 0.6 is 0 Å². The van der Waals surface area contributed by atoms with Gasteiger partial charge in [0.05, 0.1) is 5.69 Å². The van der Waals surface area contributed by atoms with Crippen LogP contribution in [-0.4, -0.2) is 16.3 Å². The van der Waals surface area contributed by atoms with Crippen LogP contribution < -0.4 is 5.32 Å². The van der Waals surface area contributed by atoms with E-state index in [1.807, 2.05) is 4.68 Å². The molecule has 0 unspecified atom stereocenters. The molecule has 16 heavy (non-hydrogen) atoms. The third kappa shape index (κ3) is 3.08. The molecule has 3 nitrogen and oxygen atoms in total. The highest BCUT2D eigenvalue weighted by Crippen LogP contribution is 2.28. The molecular formula is C13H23N3. The van der Waals surface area contributed by atoms with E-state index in [0.717, 1.165) is 24.7 Å². The van der Waals surface area contributed by atoms with Crippen molar-refractivity contribution in [3.05, 3.63) is 18.0 Å². The fraction of sp³-hybridized carbons (Fsp3) is 0.769. The van der Waals surface area contributed by atoms with Crippen LogP contribution in [0.2, 0.25) is 0 Å². The van der Waals surface area contributed by atoms with E-state index in [-0.39, 0.29) is 0 Å². The van der Waals surface area contributed by atoms with Gasteiger partial charge in [-0.1, -0.05) is 19.3 Å². The minimum Gasteiger partial charge on any atom is -0.311 e. The van der Waals surface area contributed by atoms with E-state index in [9.17, 15) is 0 Å². The third-order valence-corrected chi connectivity index (χ3v) is 3.45. The summed E-state index contributed by atoms with van der Waals surface area (Å²) in [5, 5.41) is 7.99. The van der Waals surface area contributed by atoms with Crippen LogP contribution in [-0.2, 0) is 6.54 Å². The van der Waals surface area contributed by atoms with Crippen molar-refractivity contribution in [3.63, 3.8) is 0 Å². The Labute approximate surface area is 98.2 Å². The Kier molecular flexibility index (Phi) is 3.99. The van der Waals surface area contributed by atoms with Crippen LogP contribution in [0.4, 0.5) is 0 Å². The van der Waals surface area contributed by atoms with Gasteiger partial charge in [0.25, 0.3) is 0 Å². The molecule has 3 heteroatoms. The van der Waals surface area contributed by atoms with E-state index in [2.05, 4.69) is 36.5 Å². The number of aromatic nitrogens is 2. The molecule has 0 spiro atoms. The maximum absolute atomic E-state index is 4.51. The molecule has 1 N–H and O–H groups in total. The van der Waals surface area contributed by atoms with E-state index < -0.39 is 0 Å². The zero-order valence-corrected chi connectivity index (χ0v) is 10.4. The number of nitrogens with zero attached hydrogens (tertiary/aromatic N) is 2. The van der Waals surface area contributed by atoms with Gasteiger partial charge < -0.3 is 5.32 Å². The monoisotopic (exact) mass is 221 g/mol. The number of nitrogens with one attached hydrogen (secondary N) is 1. The summed E-state index contributed by atoms with van der Waals surface area (Å²) in [6.07, 6.45) is 7.75. The third-order valence-electron chi connectivity index (χ3n) is 3.45. The molecule has 0 atom stereocenters. The highest BCUT2D eigenvalue weighted by Gasteiger charge is 2.16. The fourth-order valence-electron chi connectivity index (χ4n) is 2.06. The fourth-order valence-corrected chi connectivity index (χ4v) is 2.06. The van der Waals surface area contributed by atoms with Crippen molar-refractivity contribution in [1.29, 1.82) is 0 Å². The van der Waals surface area contributed by atoms with Crippen LogP contribution in [0.3, 0.4) is 0 Å². The Bertz CT molecular complexity index is 313. The average Bonchev–Trinajstić information content (AvgIpc) is 2.63. The molecular weight excluding hydrogens is 198 g/mol. The molecule has 1 heterocycles. The summed E-state index contributed by atoms with van der Waals surface area (Å²) in [4.78, 5) is 0. The maximum Gasteiger partial charge on any atom is 0.0762 e. The molecule has 1 aromatic heterocycles. The predicted molar refractivity (Wildman–Crippen MR) is 66.3 cm³/mol. The maximum atomic E-state index is 4.51. The quantitative estimate of drug-likeness (QED) is 0.749. The largest absolute Gasteiger partial charge is 0.311 e. The van der Waals surface area contributed by atoms with Crippen molar-refractivity contribution in [2.45, 2.75) is 52.1 Å². The molecule has 0 bridgehead atoms. The van der Waals surface area contributed by atoms with Gasteiger partial charge in [-0.15, -0.1) is 0 Å². The average molecular weight is 221 g/mol. The van der Waals surface area contributed by atoms with Crippen molar-refractivity contribution in [3.8, 4) is 0 Å². The molecule has 1 saturated carbocycles. The first-order chi connectivity index (χ1) is 7.75. The van der Waals surface area contributed by atoms with Crippen LogP contribution in [0.1, 0.15) is 51.3 Å². The van der Waals surface area contributed by atoms with E-state index in [4.69, 9.17) is 0 Å². The van der Waals surface area contributed by atoms with Crippen LogP contribution in [0.5, 0.6) is 0 Å². The highest BCUT2D eigenvalue weighted by molar-refractivity contribution is 4.98. The lowest BCUT2D eigenvalue weighted by atomic mass is 9.83. The first-order valence-corrected chi connectivity index (χ1v) is 6.50. The zero-order valence-electron chi connectivity index (χ0n) is 10.4. The Morgan fingerprint density at radius 3 is 2.88 bits per heavy atom. The molecule has 1 aromatic rings. The number of hydrogen-bond acceptors (Lipinski definition) is 2. The molecule has 0 amide bonds. The normalized spacial score (nSPS) is 16.7. The molecule has 0 aromatic carbocycles. The molecule has 0 radical (unpaired) electrons. The van der Waals surface area contributed by atoms with Crippen molar-refractivity contribution >= 4 is 0 Å². The number of rotatable bonds is 6. The molecule has 90 valence electrons. The van der Waals surface area contributed by atoms with Gasteiger partial charge in [0.15, 0.2) is 0 Å². The molecule has 0 aliphatic heterocycles. The van der Waals surface area contributed by atoms with Gasteiger partial charge in [-0.3, -0.25) is 4.68 Å². The summed E-state index contributed by atoms with van der Waals surface area (Å²) < 4.78 is 2.02. The van der Waals surface area contributed by atoms with Gasteiger partial charge in [0, 0.05) is 18.8 Å². The Hall–Kier alpha value is -0.830. The summed E-state index contributed by atoms with van der Waals surface area (Å²) in [5.41, 5.74) is 1.15. The van der Waals surface area contributed by atoms with Crippen molar-refractivity contribution in [2.75, 3.05) is 6.54 Å². The standard InChI is InChI=1S/C13H23N3/c1-11(2)16-9-7-13(15-16)10-14-8-6-12-4-3-5-12/h7,9,11-12,14H,3-6,8,10H2,1-2H3. The highest BCUT2D eigenvalue weighted by atomic mass is 15.3. The minimum absolute atomic E-state index is 0.462. The second-order valence-corrected chi connectivity index (χ2v) is 5.14. The molecule has 2 rings (SSSR count). The lowest BCUT2D eigenvalue weighted by Gasteiger charge is -2.25. The Balaban J connectivity index is 1.64. The lowest BCUT2D eigenvalue weighted by Crippen LogP contribution is -2.21. The Morgan fingerprint density at radius 2 is 2.31 bits per heavy atom. The van der Waals surface area contributed by atoms with Crippen molar-refractivity contribution in [1.82, 2.24) is 15.1 Å². The second kappa shape index (κ2) is 5.48. The first-order valence-electron chi connectivity index (χ1n) is 6.50. The second-order valence-electron chi connectivity index (χ2n) is 5.14. The topological polar surface area (TPSA) is 29.9 Å². The summed E-state index contributed by atoms with van der Waals surface area (Å²) in [7, 11) is 0. The predicted octanol–water partition coefficient (Wildman–Crippen LogP) is 2.74. The van der Waals surface area contributed by atoms with Gasteiger partial charge in [-0.2, -0.15) is 5.10 Å². The minimum atomic E-state index is 0.462. The lowest BCUT2D eigenvalue weighted by molar-refractivity contribution is 0.292. The van der Waals surface area contributed by atoms with E-state index >= 15 is 0 Å². The molecule has 1 aliphatic rings. The van der Waals surface area contributed by atoms with Crippen LogP contribution in [0, 0.1) is 5.92 Å². The summed E-state index contributed by atoms with van der Waals surface area (Å²) in [5.74, 6) is 1.00. The molecule has 1 fully saturated rings. The van der Waals surface area contributed by atoms with E-state index in [1.54, 1.807) is 0 Å². The summed E-state index contributed by atoms with van der Waals surface area (Å²) >= 11 is 0. The van der Waals surface area contributed by atoms with E-state index in [0.29, 0.717) is 6.04 Å². The summed E-state index contributed by atoms with van der Waals surface area (Å²) in [6.45, 7) is 6.35. The SMILES string of the molecule is CC(C)n1ccc(CNCCC2CCC2)n1. The van der Waals surface area contributed by atoms with Crippen LogP contribution in [0.15, 0.2) is 12.3 Å². The summed E-state index contributed by atoms with van der Waals surface area (Å²) in [6, 6.07) is 2.57. The Morgan fingerprint density at radius 1 is 1.50 bits per heavy atom. The van der Waals surface area contributed by atoms with Gasteiger partial charge in [-0.25, -0.2) is 0 Å².